The van der Waals surface area contributed by atoms with E-state index in [-0.39, 0.29) is 12.3 Å². The first-order valence-corrected chi connectivity index (χ1v) is 5.84. The highest BCUT2D eigenvalue weighted by Gasteiger charge is 2.02. The van der Waals surface area contributed by atoms with Crippen molar-refractivity contribution in [3.8, 4) is 0 Å². The summed E-state index contributed by atoms with van der Waals surface area (Å²) >= 11 is 0. The molecule has 17 heavy (non-hydrogen) atoms. The van der Waals surface area contributed by atoms with Gasteiger partial charge in [0.25, 0.3) is 5.91 Å². The van der Waals surface area contributed by atoms with Gasteiger partial charge in [0.05, 0.1) is 0 Å². The van der Waals surface area contributed by atoms with Crippen molar-refractivity contribution in [1.82, 2.24) is 4.98 Å². The van der Waals surface area contributed by atoms with Crippen LogP contribution in [0.3, 0.4) is 0 Å². The molecule has 4 N–H and O–H groups in total. The number of pyridine rings is 1. The number of hydrogen-bond acceptors (Lipinski definition) is 4. The average Bonchev–Trinajstić information content (AvgIpc) is 2.34. The van der Waals surface area contributed by atoms with Crippen LogP contribution in [0.4, 0.5) is 5.69 Å². The SMILES string of the molecule is NC(=O)c1cc(NCCCCCCO)ccn1. The second kappa shape index (κ2) is 7.62. The molecular formula is C12H19N3O2. The molecular weight excluding hydrogens is 218 g/mol. The van der Waals surface area contributed by atoms with E-state index in [1.54, 1.807) is 18.3 Å². The normalized spacial score (nSPS) is 10.2. The van der Waals surface area contributed by atoms with Crippen molar-refractivity contribution in [2.24, 2.45) is 5.73 Å². The van der Waals surface area contributed by atoms with Crippen molar-refractivity contribution in [1.29, 1.82) is 0 Å². The Bertz CT molecular complexity index is 355. The third-order valence-electron chi connectivity index (χ3n) is 2.43. The molecule has 0 fully saturated rings. The van der Waals surface area contributed by atoms with Gasteiger partial charge in [0.1, 0.15) is 5.69 Å². The van der Waals surface area contributed by atoms with Crippen LogP contribution in [0, 0.1) is 0 Å². The zero-order valence-corrected chi connectivity index (χ0v) is 9.85. The molecule has 0 bridgehead atoms. The first kappa shape index (κ1) is 13.4. The summed E-state index contributed by atoms with van der Waals surface area (Å²) in [5.74, 6) is -0.517. The van der Waals surface area contributed by atoms with Crippen molar-refractivity contribution in [3.63, 3.8) is 0 Å². The molecule has 0 saturated heterocycles. The molecule has 1 heterocycles. The zero-order chi connectivity index (χ0) is 12.5. The minimum Gasteiger partial charge on any atom is -0.396 e. The summed E-state index contributed by atoms with van der Waals surface area (Å²) in [5, 5.41) is 11.8. The molecule has 0 aliphatic rings. The highest BCUT2D eigenvalue weighted by Crippen LogP contribution is 2.08. The summed E-state index contributed by atoms with van der Waals surface area (Å²) < 4.78 is 0. The highest BCUT2D eigenvalue weighted by molar-refractivity contribution is 5.91. The van der Waals surface area contributed by atoms with E-state index in [2.05, 4.69) is 10.3 Å². The number of unbranched alkanes of at least 4 members (excludes halogenated alkanes) is 3. The number of hydrogen-bond donors (Lipinski definition) is 3. The van der Waals surface area contributed by atoms with Crippen LogP contribution in [-0.2, 0) is 0 Å². The van der Waals surface area contributed by atoms with E-state index in [1.165, 1.54) is 0 Å². The largest absolute Gasteiger partial charge is 0.396 e. The van der Waals surface area contributed by atoms with Gasteiger partial charge in [0.2, 0.25) is 0 Å². The Hall–Kier alpha value is -1.62. The molecule has 0 radical (unpaired) electrons. The van der Waals surface area contributed by atoms with E-state index in [4.69, 9.17) is 10.8 Å². The van der Waals surface area contributed by atoms with Crippen molar-refractivity contribution in [2.75, 3.05) is 18.5 Å². The number of primary amides is 1. The van der Waals surface area contributed by atoms with Crippen LogP contribution in [-0.4, -0.2) is 29.1 Å². The van der Waals surface area contributed by atoms with Gasteiger partial charge in [-0.1, -0.05) is 12.8 Å². The number of aliphatic hydroxyl groups excluding tert-OH is 1. The maximum absolute atomic E-state index is 10.9. The second-order valence-electron chi connectivity index (χ2n) is 3.86. The Morgan fingerprint density at radius 2 is 2.12 bits per heavy atom. The van der Waals surface area contributed by atoms with Gasteiger partial charge in [0, 0.05) is 25.0 Å². The summed E-state index contributed by atoms with van der Waals surface area (Å²) in [6.07, 6.45) is 5.59. The molecule has 1 amide bonds. The van der Waals surface area contributed by atoms with Gasteiger partial charge in [-0.2, -0.15) is 0 Å². The quantitative estimate of drug-likeness (QED) is 0.592. The molecule has 0 aliphatic heterocycles. The topological polar surface area (TPSA) is 88.2 Å². The van der Waals surface area contributed by atoms with Crippen molar-refractivity contribution < 1.29 is 9.90 Å². The van der Waals surface area contributed by atoms with E-state index in [0.717, 1.165) is 37.9 Å². The van der Waals surface area contributed by atoms with Crippen molar-refractivity contribution >= 4 is 11.6 Å². The molecule has 5 nitrogen and oxygen atoms in total. The maximum Gasteiger partial charge on any atom is 0.267 e. The average molecular weight is 237 g/mol. The van der Waals surface area contributed by atoms with E-state index in [9.17, 15) is 4.79 Å². The number of rotatable bonds is 8. The molecule has 1 aromatic rings. The number of amides is 1. The Balaban J connectivity index is 2.27. The summed E-state index contributed by atoms with van der Waals surface area (Å²) in [6.45, 7) is 1.10. The van der Waals surface area contributed by atoms with E-state index >= 15 is 0 Å². The number of nitrogens with zero attached hydrogens (tertiary/aromatic N) is 1. The standard InChI is InChI=1S/C12H19N3O2/c13-12(17)11-9-10(5-7-15-11)14-6-3-1-2-4-8-16/h5,7,9,16H,1-4,6,8H2,(H2,13,17)(H,14,15). The van der Waals surface area contributed by atoms with Crippen LogP contribution >= 0.6 is 0 Å². The summed E-state index contributed by atoms with van der Waals surface area (Å²) in [6, 6.07) is 3.45. The lowest BCUT2D eigenvalue weighted by Gasteiger charge is -2.06. The number of anilines is 1. The van der Waals surface area contributed by atoms with E-state index in [1.807, 2.05) is 0 Å². The van der Waals surface area contributed by atoms with Gasteiger partial charge < -0.3 is 16.2 Å². The minimum absolute atomic E-state index is 0.264. The molecule has 5 heteroatoms. The Kier molecular flexibility index (Phi) is 6.03. The predicted molar refractivity (Wildman–Crippen MR) is 66.8 cm³/mol. The van der Waals surface area contributed by atoms with Crippen LogP contribution in [0.2, 0.25) is 0 Å². The first-order valence-electron chi connectivity index (χ1n) is 5.84. The lowest BCUT2D eigenvalue weighted by Crippen LogP contribution is -2.13. The fourth-order valence-corrected chi connectivity index (χ4v) is 1.50. The maximum atomic E-state index is 10.9. The van der Waals surface area contributed by atoms with Crippen LogP contribution in [0.1, 0.15) is 36.2 Å². The summed E-state index contributed by atoms with van der Waals surface area (Å²) in [4.78, 5) is 14.8. The van der Waals surface area contributed by atoms with E-state index < -0.39 is 5.91 Å². The summed E-state index contributed by atoms with van der Waals surface area (Å²) in [7, 11) is 0. The monoisotopic (exact) mass is 237 g/mol. The smallest absolute Gasteiger partial charge is 0.267 e. The molecule has 0 spiro atoms. The Morgan fingerprint density at radius 3 is 2.82 bits per heavy atom. The van der Waals surface area contributed by atoms with Crippen LogP contribution in [0.5, 0.6) is 0 Å². The molecule has 0 unspecified atom stereocenters. The van der Waals surface area contributed by atoms with Crippen molar-refractivity contribution in [2.45, 2.75) is 25.7 Å². The van der Waals surface area contributed by atoms with Crippen LogP contribution in [0.25, 0.3) is 0 Å². The third-order valence-corrected chi connectivity index (χ3v) is 2.43. The number of aromatic nitrogens is 1. The van der Waals surface area contributed by atoms with Gasteiger partial charge in [-0.15, -0.1) is 0 Å². The van der Waals surface area contributed by atoms with Gasteiger partial charge >= 0.3 is 0 Å². The lowest BCUT2D eigenvalue weighted by atomic mass is 10.2. The minimum atomic E-state index is -0.517. The van der Waals surface area contributed by atoms with Gasteiger partial charge in [-0.3, -0.25) is 9.78 Å². The molecule has 1 rings (SSSR count). The predicted octanol–water partition coefficient (Wildman–Crippen LogP) is 1.15. The molecule has 94 valence electrons. The Morgan fingerprint density at radius 1 is 1.35 bits per heavy atom. The lowest BCUT2D eigenvalue weighted by molar-refractivity contribution is 0.0995. The van der Waals surface area contributed by atoms with E-state index in [0.29, 0.717) is 0 Å². The van der Waals surface area contributed by atoms with Crippen molar-refractivity contribution in [3.05, 3.63) is 24.0 Å². The fourth-order valence-electron chi connectivity index (χ4n) is 1.50. The number of carbonyl (C=O) groups excluding carboxylic acids is 1. The molecule has 0 atom stereocenters. The van der Waals surface area contributed by atoms with Crippen LogP contribution < -0.4 is 11.1 Å². The Labute approximate surface area is 101 Å². The third kappa shape index (κ3) is 5.31. The fraction of sp³-hybridized carbons (Fsp3) is 0.500. The van der Waals surface area contributed by atoms with Gasteiger partial charge in [-0.05, 0) is 25.0 Å². The molecule has 0 aliphatic carbocycles. The van der Waals surface area contributed by atoms with Crippen LogP contribution in [0.15, 0.2) is 18.3 Å². The molecule has 1 aromatic heterocycles. The zero-order valence-electron chi connectivity index (χ0n) is 9.85. The summed E-state index contributed by atoms with van der Waals surface area (Å²) in [5.41, 5.74) is 6.27. The number of nitrogens with two attached hydrogens (primary N) is 1. The molecule has 0 saturated carbocycles. The van der Waals surface area contributed by atoms with Gasteiger partial charge in [-0.25, -0.2) is 0 Å². The number of carbonyl (C=O) groups is 1. The number of aliphatic hydroxyl groups is 1. The highest BCUT2D eigenvalue weighted by atomic mass is 16.2. The van der Waals surface area contributed by atoms with Gasteiger partial charge in [0.15, 0.2) is 0 Å². The molecule has 0 aromatic carbocycles. The first-order chi connectivity index (χ1) is 8.24. The second-order valence-corrected chi connectivity index (χ2v) is 3.86. The number of nitrogens with one attached hydrogen (secondary N) is 1.